The van der Waals surface area contributed by atoms with Crippen molar-refractivity contribution in [3.8, 4) is 0 Å². The smallest absolute Gasteiger partial charge is 0.0762 e. The summed E-state index contributed by atoms with van der Waals surface area (Å²) in [5.41, 5.74) is 5.24. The van der Waals surface area contributed by atoms with Crippen LogP contribution in [0.4, 0.5) is 0 Å². The van der Waals surface area contributed by atoms with E-state index in [1.165, 1.54) is 22.3 Å². The fraction of sp³-hybridized carbons (Fsp3) is 0.375. The molecular weight excluding hydrogens is 208 g/mol. The van der Waals surface area contributed by atoms with Crippen LogP contribution in [0.1, 0.15) is 36.8 Å². The Morgan fingerprint density at radius 2 is 2.00 bits per heavy atom. The summed E-state index contributed by atoms with van der Waals surface area (Å²) in [6.45, 7) is 0. The van der Waals surface area contributed by atoms with Crippen LogP contribution in [0, 0.1) is 0 Å². The molecule has 1 aromatic carbocycles. The summed E-state index contributed by atoms with van der Waals surface area (Å²) in [7, 11) is 0. The van der Waals surface area contributed by atoms with Crippen molar-refractivity contribution in [1.29, 1.82) is 0 Å². The summed E-state index contributed by atoms with van der Waals surface area (Å²) in [6.07, 6.45) is 9.39. The van der Waals surface area contributed by atoms with E-state index in [1.807, 2.05) is 0 Å². The summed E-state index contributed by atoms with van der Waals surface area (Å²) >= 11 is 0. The maximum atomic E-state index is 10.3. The molecule has 0 radical (unpaired) electrons. The molecule has 0 heterocycles. The summed E-state index contributed by atoms with van der Waals surface area (Å²) < 4.78 is 0. The third kappa shape index (κ3) is 1.96. The lowest BCUT2D eigenvalue weighted by Gasteiger charge is -2.14. The van der Waals surface area contributed by atoms with Crippen LogP contribution in [-0.4, -0.2) is 11.2 Å². The third-order valence-electron chi connectivity index (χ3n) is 3.84. The molecule has 1 atom stereocenters. The lowest BCUT2D eigenvalue weighted by molar-refractivity contribution is 0.198. The zero-order valence-electron chi connectivity index (χ0n) is 10.0. The maximum absolute atomic E-state index is 10.3. The van der Waals surface area contributed by atoms with Crippen LogP contribution in [0.15, 0.2) is 42.0 Å². The van der Waals surface area contributed by atoms with Crippen molar-refractivity contribution in [1.82, 2.24) is 0 Å². The lowest BCUT2D eigenvalue weighted by Crippen LogP contribution is -2.10. The Labute approximate surface area is 102 Å². The first-order valence-electron chi connectivity index (χ1n) is 6.52. The van der Waals surface area contributed by atoms with Gasteiger partial charge >= 0.3 is 0 Å². The van der Waals surface area contributed by atoms with Gasteiger partial charge in [0.1, 0.15) is 0 Å². The summed E-state index contributed by atoms with van der Waals surface area (Å²) in [4.78, 5) is 0. The molecule has 17 heavy (non-hydrogen) atoms. The van der Waals surface area contributed by atoms with Gasteiger partial charge in [-0.3, -0.25) is 0 Å². The number of hydrogen-bond acceptors (Lipinski definition) is 1. The molecule has 3 rings (SSSR count). The number of aryl methyl sites for hydroxylation is 1. The number of hydrogen-bond donors (Lipinski definition) is 1. The Balaban J connectivity index is 2.18. The van der Waals surface area contributed by atoms with E-state index in [0.29, 0.717) is 0 Å². The Morgan fingerprint density at radius 1 is 1.12 bits per heavy atom. The van der Waals surface area contributed by atoms with Crippen molar-refractivity contribution in [2.45, 2.75) is 38.2 Å². The molecule has 2 aliphatic rings. The Kier molecular flexibility index (Phi) is 2.86. The van der Waals surface area contributed by atoms with Gasteiger partial charge in [0.25, 0.3) is 0 Å². The van der Waals surface area contributed by atoms with E-state index < -0.39 is 0 Å². The van der Waals surface area contributed by atoms with Crippen molar-refractivity contribution in [3.63, 3.8) is 0 Å². The van der Waals surface area contributed by atoms with Crippen LogP contribution in [0.5, 0.6) is 0 Å². The number of benzene rings is 1. The second-order valence-corrected chi connectivity index (χ2v) is 4.95. The normalized spacial score (nSPS) is 23.7. The number of aliphatic hydroxyl groups excluding tert-OH is 1. The van der Waals surface area contributed by atoms with E-state index in [2.05, 4.69) is 36.4 Å². The second-order valence-electron chi connectivity index (χ2n) is 4.95. The average molecular weight is 226 g/mol. The fourth-order valence-electron chi connectivity index (χ4n) is 2.93. The van der Waals surface area contributed by atoms with Gasteiger partial charge in [0.15, 0.2) is 0 Å². The van der Waals surface area contributed by atoms with Gasteiger partial charge in [-0.25, -0.2) is 0 Å². The maximum Gasteiger partial charge on any atom is 0.0762 e. The van der Waals surface area contributed by atoms with E-state index in [0.717, 1.165) is 32.1 Å². The average Bonchev–Trinajstić information content (AvgIpc) is 2.67. The SMILES string of the molecule is OC1CCc2ccccc2C2=C1CCCC=C2. The van der Waals surface area contributed by atoms with E-state index in [9.17, 15) is 5.11 Å². The summed E-state index contributed by atoms with van der Waals surface area (Å²) in [5.74, 6) is 0. The number of aliphatic hydroxyl groups is 1. The van der Waals surface area contributed by atoms with Crippen molar-refractivity contribution in [2.24, 2.45) is 0 Å². The molecule has 1 heteroatoms. The van der Waals surface area contributed by atoms with Gasteiger partial charge in [-0.15, -0.1) is 0 Å². The lowest BCUT2D eigenvalue weighted by atomic mass is 9.94. The van der Waals surface area contributed by atoms with Gasteiger partial charge in [0.2, 0.25) is 0 Å². The monoisotopic (exact) mass is 226 g/mol. The quantitative estimate of drug-likeness (QED) is 0.718. The minimum Gasteiger partial charge on any atom is -0.389 e. The van der Waals surface area contributed by atoms with Gasteiger partial charge in [0.05, 0.1) is 6.10 Å². The van der Waals surface area contributed by atoms with E-state index in [-0.39, 0.29) is 6.10 Å². The fourth-order valence-corrected chi connectivity index (χ4v) is 2.93. The first-order valence-corrected chi connectivity index (χ1v) is 6.52. The highest BCUT2D eigenvalue weighted by atomic mass is 16.3. The highest BCUT2D eigenvalue weighted by molar-refractivity contribution is 5.80. The van der Waals surface area contributed by atoms with Crippen LogP contribution in [0.25, 0.3) is 5.57 Å². The highest BCUT2D eigenvalue weighted by Gasteiger charge is 2.22. The minimum atomic E-state index is -0.250. The van der Waals surface area contributed by atoms with Crippen molar-refractivity contribution in [2.75, 3.05) is 0 Å². The summed E-state index contributed by atoms with van der Waals surface area (Å²) in [6, 6.07) is 8.58. The van der Waals surface area contributed by atoms with Crippen molar-refractivity contribution in [3.05, 3.63) is 53.1 Å². The van der Waals surface area contributed by atoms with Crippen molar-refractivity contribution < 1.29 is 5.11 Å². The molecule has 0 saturated heterocycles. The molecule has 0 amide bonds. The molecule has 1 nitrogen and oxygen atoms in total. The van der Waals surface area contributed by atoms with Gasteiger partial charge in [-0.05, 0) is 54.4 Å². The first-order chi connectivity index (χ1) is 8.36. The molecule has 0 spiro atoms. The molecule has 1 unspecified atom stereocenters. The van der Waals surface area contributed by atoms with Crippen molar-refractivity contribution >= 4 is 5.57 Å². The van der Waals surface area contributed by atoms with Gasteiger partial charge < -0.3 is 5.11 Å². The molecule has 0 bridgehead atoms. The van der Waals surface area contributed by atoms with Gasteiger partial charge in [-0.1, -0.05) is 36.4 Å². The van der Waals surface area contributed by atoms with Crippen LogP contribution in [-0.2, 0) is 6.42 Å². The minimum absolute atomic E-state index is 0.250. The summed E-state index contributed by atoms with van der Waals surface area (Å²) in [5, 5.41) is 10.3. The van der Waals surface area contributed by atoms with Gasteiger partial charge in [-0.2, -0.15) is 0 Å². The Morgan fingerprint density at radius 3 is 2.94 bits per heavy atom. The van der Waals surface area contributed by atoms with Crippen LogP contribution >= 0.6 is 0 Å². The van der Waals surface area contributed by atoms with Crippen LogP contribution in [0.3, 0.4) is 0 Å². The number of rotatable bonds is 0. The third-order valence-corrected chi connectivity index (χ3v) is 3.84. The molecule has 2 aliphatic carbocycles. The molecule has 0 fully saturated rings. The molecule has 0 aromatic heterocycles. The molecule has 88 valence electrons. The zero-order valence-corrected chi connectivity index (χ0v) is 10.0. The largest absolute Gasteiger partial charge is 0.389 e. The molecular formula is C16H18O. The Hall–Kier alpha value is -1.34. The highest BCUT2D eigenvalue weighted by Crippen LogP contribution is 2.35. The van der Waals surface area contributed by atoms with E-state index in [4.69, 9.17) is 0 Å². The predicted octanol–water partition coefficient (Wildman–Crippen LogP) is 3.49. The standard InChI is InChI=1S/C16H18O/c17-16-11-10-12-6-4-5-7-13(12)14-8-2-1-3-9-15(14)16/h2,4-8,16-17H,1,3,9-11H2. The predicted molar refractivity (Wildman–Crippen MR) is 70.7 cm³/mol. The number of fused-ring (bicyclic) bond motifs is 2. The van der Waals surface area contributed by atoms with Crippen LogP contribution < -0.4 is 0 Å². The topological polar surface area (TPSA) is 20.2 Å². The van der Waals surface area contributed by atoms with E-state index in [1.54, 1.807) is 0 Å². The number of allylic oxidation sites excluding steroid dienone is 3. The van der Waals surface area contributed by atoms with Gasteiger partial charge in [0, 0.05) is 0 Å². The molecule has 1 N–H and O–H groups in total. The Bertz CT molecular complexity index is 482. The van der Waals surface area contributed by atoms with Crippen LogP contribution in [0.2, 0.25) is 0 Å². The first kappa shape index (κ1) is 10.8. The molecule has 1 aromatic rings. The zero-order chi connectivity index (χ0) is 11.7. The molecule has 0 saturated carbocycles. The van der Waals surface area contributed by atoms with E-state index >= 15 is 0 Å². The second kappa shape index (κ2) is 4.50. The molecule has 0 aliphatic heterocycles.